The Kier molecular flexibility index (Phi) is 14.4. The number of nitrogens with one attached hydrogen (secondary N) is 1. The highest BCUT2D eigenvalue weighted by atomic mass is 32.2. The van der Waals surface area contributed by atoms with Gasteiger partial charge in [-0.2, -0.15) is 17.2 Å². The maximum atomic E-state index is 14.6. The van der Waals surface area contributed by atoms with Gasteiger partial charge in [0.15, 0.2) is 18.2 Å². The molecule has 1 atom stereocenters. The number of nitrogens with zero attached hydrogens (tertiary/aromatic N) is 3. The molecule has 0 radical (unpaired) electrons. The van der Waals surface area contributed by atoms with Crippen LogP contribution in [0.25, 0.3) is 5.57 Å². The van der Waals surface area contributed by atoms with E-state index in [1.807, 2.05) is 17.4 Å². The lowest BCUT2D eigenvalue weighted by Gasteiger charge is -2.39. The van der Waals surface area contributed by atoms with Gasteiger partial charge >= 0.3 is 5.97 Å². The van der Waals surface area contributed by atoms with Crippen molar-refractivity contribution in [3.63, 3.8) is 0 Å². The molecule has 1 aliphatic carbocycles. The number of esters is 1. The lowest BCUT2D eigenvalue weighted by molar-refractivity contribution is -0.139. The van der Waals surface area contributed by atoms with Crippen LogP contribution in [-0.4, -0.2) is 115 Å². The SMILES string of the molecule is COCCN1CCCc2cc3c(cc21)C(C)(C)c1cc2c(cc1=C3c1ccccc1C(=O)N(C)CCC(=O)N[C@@H](CS(=O)(=O)O)C(=O)Oc1c(F)c(F)cc(F)c1F)CCC[N+]=2CCOC. The number of anilines is 1. The van der Waals surface area contributed by atoms with Gasteiger partial charge in [0, 0.05) is 88.1 Å². The van der Waals surface area contributed by atoms with Gasteiger partial charge in [-0.3, -0.25) is 14.1 Å². The summed E-state index contributed by atoms with van der Waals surface area (Å²) in [6, 6.07) is 14.0. The molecule has 2 aliphatic heterocycles. The van der Waals surface area contributed by atoms with E-state index in [1.165, 1.54) is 23.1 Å². The van der Waals surface area contributed by atoms with Crippen molar-refractivity contribution in [2.24, 2.45) is 0 Å². The zero-order valence-electron chi connectivity index (χ0n) is 37.4. The number of hydrogen-bond acceptors (Lipinski definition) is 9. The second kappa shape index (κ2) is 19.6. The van der Waals surface area contributed by atoms with E-state index in [2.05, 4.69) is 52.3 Å². The summed E-state index contributed by atoms with van der Waals surface area (Å²) in [5.74, 6) is -14.6. The molecule has 0 aromatic heterocycles. The predicted octanol–water partition coefficient (Wildman–Crippen LogP) is 4.05. The van der Waals surface area contributed by atoms with Crippen LogP contribution in [0.1, 0.15) is 76.8 Å². The summed E-state index contributed by atoms with van der Waals surface area (Å²) < 4.78 is 107. The van der Waals surface area contributed by atoms with Gasteiger partial charge in [-0.25, -0.2) is 18.2 Å². The van der Waals surface area contributed by atoms with Gasteiger partial charge in [-0.1, -0.05) is 32.0 Å². The summed E-state index contributed by atoms with van der Waals surface area (Å²) in [5, 5.41) is 4.18. The van der Waals surface area contributed by atoms with Crippen LogP contribution in [0.5, 0.6) is 5.75 Å². The summed E-state index contributed by atoms with van der Waals surface area (Å²) in [6.45, 7) is 8.62. The summed E-state index contributed by atoms with van der Waals surface area (Å²) in [7, 11) is -0.193. The third-order valence-corrected chi connectivity index (χ3v) is 13.4. The number of hydrogen-bond donors (Lipinski definition) is 2. The van der Waals surface area contributed by atoms with Gasteiger partial charge in [0.1, 0.15) is 24.9 Å². The first kappa shape index (κ1) is 48.2. The van der Waals surface area contributed by atoms with Crippen LogP contribution in [0.3, 0.4) is 0 Å². The molecule has 2 N–H and O–H groups in total. The van der Waals surface area contributed by atoms with Crippen LogP contribution in [-0.2, 0) is 47.4 Å². The molecule has 0 fully saturated rings. The second-order valence-electron chi connectivity index (χ2n) is 17.3. The van der Waals surface area contributed by atoms with Crippen molar-refractivity contribution in [2.75, 3.05) is 77.9 Å². The van der Waals surface area contributed by atoms with Gasteiger partial charge in [-0.05, 0) is 82.1 Å². The van der Waals surface area contributed by atoms with E-state index < -0.39 is 80.6 Å². The monoisotopic (exact) mass is 937 g/mol. The van der Waals surface area contributed by atoms with Gasteiger partial charge in [0.2, 0.25) is 28.6 Å². The quantitative estimate of drug-likeness (QED) is 0.0420. The Labute approximate surface area is 380 Å². The van der Waals surface area contributed by atoms with E-state index in [-0.39, 0.29) is 12.6 Å². The second-order valence-corrected chi connectivity index (χ2v) is 18.8. The molecule has 0 bridgehead atoms. The van der Waals surface area contributed by atoms with Crippen molar-refractivity contribution < 1.29 is 59.1 Å². The fourth-order valence-electron chi connectivity index (χ4n) is 9.24. The minimum atomic E-state index is -5.05. The lowest BCUT2D eigenvalue weighted by atomic mass is 9.67. The molecule has 0 saturated heterocycles. The zero-order valence-corrected chi connectivity index (χ0v) is 38.3. The average Bonchev–Trinajstić information content (AvgIpc) is 3.28. The number of fused-ring (bicyclic) bond motifs is 4. The summed E-state index contributed by atoms with van der Waals surface area (Å²) in [4.78, 5) is 44.4. The molecule has 66 heavy (non-hydrogen) atoms. The van der Waals surface area contributed by atoms with E-state index in [9.17, 15) is 44.9 Å². The van der Waals surface area contributed by atoms with Gasteiger partial charge in [0.05, 0.1) is 6.61 Å². The number of amides is 2. The Morgan fingerprint density at radius 2 is 1.61 bits per heavy atom. The van der Waals surface area contributed by atoms with Gasteiger partial charge < -0.3 is 29.3 Å². The normalized spacial score (nSPS) is 15.6. The van der Waals surface area contributed by atoms with Crippen molar-refractivity contribution in [3.05, 3.63) is 127 Å². The number of aryl methyl sites for hydroxylation is 2. The van der Waals surface area contributed by atoms with Crippen molar-refractivity contribution in [1.82, 2.24) is 14.8 Å². The highest BCUT2D eigenvalue weighted by Gasteiger charge is 2.38. The Morgan fingerprint density at radius 3 is 2.30 bits per heavy atom. The van der Waals surface area contributed by atoms with Gasteiger partial charge in [-0.15, -0.1) is 0 Å². The summed E-state index contributed by atoms with van der Waals surface area (Å²) >= 11 is 0. The number of methoxy groups -OCH3 is 2. The van der Waals surface area contributed by atoms with E-state index >= 15 is 0 Å². The molecule has 0 unspecified atom stereocenters. The minimum Gasteiger partial charge on any atom is -0.418 e. The molecular formula is C48H53F4N4O9S+. The molecule has 4 aromatic carbocycles. The van der Waals surface area contributed by atoms with Crippen LogP contribution in [0.15, 0.2) is 54.6 Å². The van der Waals surface area contributed by atoms with Crippen molar-refractivity contribution in [2.45, 2.75) is 57.4 Å². The lowest BCUT2D eigenvalue weighted by Crippen LogP contribution is -2.48. The van der Waals surface area contributed by atoms with Crippen LogP contribution < -0.4 is 30.1 Å². The Bertz CT molecular complexity index is 2810. The van der Waals surface area contributed by atoms with Crippen LogP contribution >= 0.6 is 0 Å². The largest absolute Gasteiger partial charge is 0.418 e. The first-order valence-electron chi connectivity index (χ1n) is 21.7. The number of halogens is 4. The van der Waals surface area contributed by atoms with Crippen LogP contribution in [0.4, 0.5) is 23.2 Å². The van der Waals surface area contributed by atoms with E-state index in [1.54, 1.807) is 26.4 Å². The van der Waals surface area contributed by atoms with E-state index in [0.717, 1.165) is 90.4 Å². The third-order valence-electron chi connectivity index (χ3n) is 12.6. The number of rotatable bonds is 16. The summed E-state index contributed by atoms with van der Waals surface area (Å²) in [5.41, 5.74) is 8.18. The fraction of sp³-hybridized carbons (Fsp3) is 0.417. The summed E-state index contributed by atoms with van der Waals surface area (Å²) in [6.07, 6.45) is 3.15. The molecule has 0 spiro atoms. The fourth-order valence-corrected chi connectivity index (χ4v) is 9.88. The Balaban J connectivity index is 1.25. The highest BCUT2D eigenvalue weighted by molar-refractivity contribution is 7.85. The first-order chi connectivity index (χ1) is 31.3. The standard InChI is InChI=1S/C48H52F4N4O9S/c1-48(2)34-24-39-28(10-8-15-55(39)18-20-63-4)22-32(34)42(33-23-29-11-9-16-56(19-21-64-5)40(29)25-35(33)48)30-12-6-7-13-31(30)46(58)54(3)17-14-41(57)53-38(27-66(60,61)62)47(59)65-45-43(51)36(49)26-37(50)44(45)52/h6-7,12-13,22-26,38H,8-11,14-21,27H2,1-5H3,(H-,53,57,60,61,62)/p+1/t38-/m0/s1. The number of ether oxygens (including phenoxy) is 3. The zero-order chi connectivity index (χ0) is 47.7. The Morgan fingerprint density at radius 1 is 0.909 bits per heavy atom. The average molecular weight is 938 g/mol. The molecule has 0 saturated carbocycles. The van der Waals surface area contributed by atoms with E-state index in [0.29, 0.717) is 24.3 Å². The molecule has 352 valence electrons. The molecule has 2 heterocycles. The van der Waals surface area contributed by atoms with Crippen LogP contribution in [0.2, 0.25) is 0 Å². The molecule has 3 aliphatic rings. The number of carbonyl (C=O) groups is 3. The molecule has 18 heteroatoms. The molecule has 7 rings (SSSR count). The first-order valence-corrected chi connectivity index (χ1v) is 23.3. The maximum Gasteiger partial charge on any atom is 0.335 e. The van der Waals surface area contributed by atoms with Crippen molar-refractivity contribution >= 4 is 39.2 Å². The third kappa shape index (κ3) is 9.87. The van der Waals surface area contributed by atoms with E-state index in [4.69, 9.17) is 9.47 Å². The Hall–Kier alpha value is -5.69. The molecular weight excluding hydrogens is 885 g/mol. The minimum absolute atomic E-state index is 0.128. The highest BCUT2D eigenvalue weighted by Crippen LogP contribution is 2.44. The maximum absolute atomic E-state index is 14.6. The molecule has 13 nitrogen and oxygen atoms in total. The van der Waals surface area contributed by atoms with Crippen molar-refractivity contribution in [3.8, 4) is 5.75 Å². The predicted molar refractivity (Wildman–Crippen MR) is 238 cm³/mol. The van der Waals surface area contributed by atoms with Crippen molar-refractivity contribution in [1.29, 1.82) is 0 Å². The number of carbonyl (C=O) groups excluding carboxylic acids is 3. The molecule has 4 aromatic rings. The topological polar surface area (TPSA) is 155 Å². The van der Waals surface area contributed by atoms with Crippen LogP contribution in [0, 0.1) is 23.3 Å². The number of benzene rings is 4. The van der Waals surface area contributed by atoms with Gasteiger partial charge in [0.25, 0.3) is 16.0 Å². The molecule has 2 amide bonds. The smallest absolute Gasteiger partial charge is 0.335 e.